The summed E-state index contributed by atoms with van der Waals surface area (Å²) in [6, 6.07) is 11.3. The maximum atomic E-state index is 13.0. The lowest BCUT2D eigenvalue weighted by Crippen LogP contribution is -2.27. The summed E-state index contributed by atoms with van der Waals surface area (Å²) in [7, 11) is 4.12. The third-order valence-electron chi connectivity index (χ3n) is 3.74. The average Bonchev–Trinajstić information content (AvgIpc) is 3.01. The Morgan fingerprint density at radius 1 is 1.19 bits per heavy atom. The third kappa shape index (κ3) is 5.23. The van der Waals surface area contributed by atoms with Crippen LogP contribution in [0.25, 0.3) is 0 Å². The lowest BCUT2D eigenvalue weighted by molar-refractivity contribution is 0.315. The first-order valence-corrected chi connectivity index (χ1v) is 8.20. The molecule has 0 fully saturated rings. The Morgan fingerprint density at radius 3 is 2.57 bits per heavy atom. The number of halogens is 1. The van der Waals surface area contributed by atoms with Gasteiger partial charge < -0.3 is 10.2 Å². The van der Waals surface area contributed by atoms with Crippen molar-refractivity contribution in [3.8, 4) is 0 Å². The molecule has 0 aliphatic rings. The van der Waals surface area contributed by atoms with E-state index in [0.717, 1.165) is 31.5 Å². The Kier molecular flexibility index (Phi) is 6.36. The molecular formula is C17H23FN2S. The molecule has 0 saturated heterocycles. The fourth-order valence-electron chi connectivity index (χ4n) is 2.39. The van der Waals surface area contributed by atoms with E-state index in [2.05, 4.69) is 34.8 Å². The van der Waals surface area contributed by atoms with Crippen molar-refractivity contribution in [2.75, 3.05) is 27.2 Å². The molecule has 0 aliphatic heterocycles. The molecule has 4 heteroatoms. The number of thiophene rings is 1. The normalized spacial score (nSPS) is 12.8. The number of likely N-dealkylation sites (N-methyl/N-ethyl adjacent to an activating group) is 1. The lowest BCUT2D eigenvalue weighted by atomic mass is 10.0. The van der Waals surface area contributed by atoms with E-state index in [4.69, 9.17) is 0 Å². The molecule has 114 valence electrons. The monoisotopic (exact) mass is 306 g/mol. The van der Waals surface area contributed by atoms with Crippen LogP contribution in [-0.4, -0.2) is 32.1 Å². The molecule has 0 bridgehead atoms. The summed E-state index contributed by atoms with van der Waals surface area (Å²) < 4.78 is 13.0. The molecule has 1 aromatic heterocycles. The first kappa shape index (κ1) is 16.1. The second kappa shape index (κ2) is 8.27. The average molecular weight is 306 g/mol. The minimum absolute atomic E-state index is 0.179. The standard InChI is InChI=1S/C17H23FN2S/c1-19-17(14-5-7-15(18)8-6-14)10-12-20(2)11-9-16-4-3-13-21-16/h3-8,13,17,19H,9-12H2,1-2H3. The molecule has 0 saturated carbocycles. The van der Waals surface area contributed by atoms with Crippen molar-refractivity contribution in [1.29, 1.82) is 0 Å². The van der Waals surface area contributed by atoms with Crippen molar-refractivity contribution in [1.82, 2.24) is 10.2 Å². The third-order valence-corrected chi connectivity index (χ3v) is 4.68. The van der Waals surface area contributed by atoms with E-state index in [1.165, 1.54) is 17.0 Å². The van der Waals surface area contributed by atoms with E-state index >= 15 is 0 Å². The smallest absolute Gasteiger partial charge is 0.123 e. The highest BCUT2D eigenvalue weighted by atomic mass is 32.1. The van der Waals surface area contributed by atoms with Crippen LogP contribution in [0, 0.1) is 5.82 Å². The van der Waals surface area contributed by atoms with Crippen molar-refractivity contribution in [3.05, 3.63) is 58.0 Å². The summed E-state index contributed by atoms with van der Waals surface area (Å²) in [4.78, 5) is 3.79. The highest BCUT2D eigenvalue weighted by Gasteiger charge is 2.10. The van der Waals surface area contributed by atoms with Crippen LogP contribution in [0.1, 0.15) is 22.9 Å². The van der Waals surface area contributed by atoms with Crippen LogP contribution < -0.4 is 5.32 Å². The van der Waals surface area contributed by atoms with Gasteiger partial charge in [0.05, 0.1) is 0 Å². The fourth-order valence-corrected chi connectivity index (χ4v) is 3.09. The first-order valence-electron chi connectivity index (χ1n) is 7.32. The van der Waals surface area contributed by atoms with Gasteiger partial charge in [-0.2, -0.15) is 0 Å². The van der Waals surface area contributed by atoms with Crippen molar-refractivity contribution >= 4 is 11.3 Å². The molecule has 1 heterocycles. The largest absolute Gasteiger partial charge is 0.313 e. The van der Waals surface area contributed by atoms with Crippen molar-refractivity contribution in [2.24, 2.45) is 0 Å². The van der Waals surface area contributed by atoms with Gasteiger partial charge in [0, 0.05) is 17.5 Å². The second-order valence-electron chi connectivity index (χ2n) is 5.31. The lowest BCUT2D eigenvalue weighted by Gasteiger charge is -2.21. The number of nitrogens with one attached hydrogen (secondary N) is 1. The van der Waals surface area contributed by atoms with Gasteiger partial charge in [-0.05, 0) is 62.6 Å². The molecule has 0 spiro atoms. The number of hydrogen-bond donors (Lipinski definition) is 1. The van der Waals surface area contributed by atoms with Crippen LogP contribution in [0.5, 0.6) is 0 Å². The molecule has 2 rings (SSSR count). The van der Waals surface area contributed by atoms with Crippen LogP contribution in [0.2, 0.25) is 0 Å². The molecule has 0 radical (unpaired) electrons. The molecule has 1 atom stereocenters. The molecule has 2 aromatic rings. The minimum Gasteiger partial charge on any atom is -0.313 e. The first-order chi connectivity index (χ1) is 10.2. The fraction of sp³-hybridized carbons (Fsp3) is 0.412. The summed E-state index contributed by atoms with van der Waals surface area (Å²) in [6.45, 7) is 2.09. The molecule has 1 N–H and O–H groups in total. The number of benzene rings is 1. The zero-order valence-electron chi connectivity index (χ0n) is 12.7. The number of nitrogens with zero attached hydrogens (tertiary/aromatic N) is 1. The Morgan fingerprint density at radius 2 is 1.95 bits per heavy atom. The summed E-state index contributed by atoms with van der Waals surface area (Å²) in [6.07, 6.45) is 2.12. The Hall–Kier alpha value is -1.23. The molecule has 0 aliphatic carbocycles. The topological polar surface area (TPSA) is 15.3 Å². The van der Waals surface area contributed by atoms with Gasteiger partial charge in [0.15, 0.2) is 0 Å². The minimum atomic E-state index is -0.179. The maximum Gasteiger partial charge on any atom is 0.123 e. The quantitative estimate of drug-likeness (QED) is 0.800. The number of hydrogen-bond acceptors (Lipinski definition) is 3. The van der Waals surface area contributed by atoms with Crippen LogP contribution in [0.4, 0.5) is 4.39 Å². The van der Waals surface area contributed by atoms with Crippen molar-refractivity contribution < 1.29 is 4.39 Å². The zero-order valence-corrected chi connectivity index (χ0v) is 13.5. The summed E-state index contributed by atoms with van der Waals surface area (Å²) in [5, 5.41) is 5.44. The van der Waals surface area contributed by atoms with Crippen LogP contribution in [-0.2, 0) is 6.42 Å². The summed E-state index contributed by atoms with van der Waals surface area (Å²) in [5.41, 5.74) is 1.14. The highest BCUT2D eigenvalue weighted by molar-refractivity contribution is 7.09. The summed E-state index contributed by atoms with van der Waals surface area (Å²) in [5.74, 6) is -0.179. The van der Waals surface area contributed by atoms with E-state index in [1.54, 1.807) is 0 Å². The van der Waals surface area contributed by atoms with E-state index in [-0.39, 0.29) is 11.9 Å². The van der Waals surface area contributed by atoms with Crippen molar-refractivity contribution in [2.45, 2.75) is 18.9 Å². The van der Waals surface area contributed by atoms with Gasteiger partial charge in [-0.3, -0.25) is 0 Å². The van der Waals surface area contributed by atoms with Gasteiger partial charge in [0.1, 0.15) is 5.82 Å². The van der Waals surface area contributed by atoms with Gasteiger partial charge in [-0.25, -0.2) is 4.39 Å². The predicted molar refractivity (Wildman–Crippen MR) is 88.3 cm³/mol. The van der Waals surface area contributed by atoms with E-state index < -0.39 is 0 Å². The Bertz CT molecular complexity index is 510. The second-order valence-corrected chi connectivity index (χ2v) is 6.35. The zero-order chi connectivity index (χ0) is 15.1. The number of rotatable bonds is 8. The van der Waals surface area contributed by atoms with Crippen LogP contribution >= 0.6 is 11.3 Å². The maximum absolute atomic E-state index is 13.0. The van der Waals surface area contributed by atoms with Gasteiger partial charge in [0.25, 0.3) is 0 Å². The molecule has 1 aromatic carbocycles. The molecule has 2 nitrogen and oxygen atoms in total. The molecule has 1 unspecified atom stereocenters. The van der Waals surface area contributed by atoms with E-state index in [0.29, 0.717) is 0 Å². The van der Waals surface area contributed by atoms with Gasteiger partial charge in [-0.15, -0.1) is 11.3 Å². The SMILES string of the molecule is CNC(CCN(C)CCc1cccs1)c1ccc(F)cc1. The van der Waals surface area contributed by atoms with Crippen LogP contribution in [0.3, 0.4) is 0 Å². The molecule has 21 heavy (non-hydrogen) atoms. The van der Waals surface area contributed by atoms with Gasteiger partial charge in [-0.1, -0.05) is 18.2 Å². The molecular weight excluding hydrogens is 283 g/mol. The Labute approximate surface area is 130 Å². The van der Waals surface area contributed by atoms with Gasteiger partial charge >= 0.3 is 0 Å². The highest BCUT2D eigenvalue weighted by Crippen LogP contribution is 2.17. The predicted octanol–water partition coefficient (Wildman–Crippen LogP) is 3.71. The molecule has 0 amide bonds. The summed E-state index contributed by atoms with van der Waals surface area (Å²) >= 11 is 1.82. The van der Waals surface area contributed by atoms with E-state index in [9.17, 15) is 4.39 Å². The van der Waals surface area contributed by atoms with E-state index in [1.807, 2.05) is 30.5 Å². The van der Waals surface area contributed by atoms with Crippen molar-refractivity contribution in [3.63, 3.8) is 0 Å². The van der Waals surface area contributed by atoms with Crippen LogP contribution in [0.15, 0.2) is 41.8 Å². The Balaban J connectivity index is 1.78. The van der Waals surface area contributed by atoms with Gasteiger partial charge in [0.2, 0.25) is 0 Å².